The van der Waals surface area contributed by atoms with Crippen LogP contribution < -0.4 is 5.56 Å². The van der Waals surface area contributed by atoms with Crippen LogP contribution in [0.1, 0.15) is 21.5 Å². The Kier molecular flexibility index (Phi) is 6.14. The quantitative estimate of drug-likeness (QED) is 0.469. The molecule has 2 N–H and O–H groups in total. The lowest BCUT2D eigenvalue weighted by Crippen LogP contribution is -2.15. The van der Waals surface area contributed by atoms with Gasteiger partial charge in [-0.2, -0.15) is 5.26 Å². The number of aromatic nitrogens is 2. The molecule has 0 fully saturated rings. The molecule has 0 aliphatic rings. The maximum absolute atomic E-state index is 12.3. The topological polar surface area (TPSA) is 107 Å². The Morgan fingerprint density at radius 2 is 1.86 bits per heavy atom. The molecular weight excluding hydrogens is 398 g/mol. The van der Waals surface area contributed by atoms with E-state index in [1.165, 1.54) is 11.8 Å². The summed E-state index contributed by atoms with van der Waals surface area (Å²) >= 11 is 7.25. The van der Waals surface area contributed by atoms with E-state index in [0.29, 0.717) is 33.6 Å². The molecule has 0 unspecified atom stereocenters. The van der Waals surface area contributed by atoms with E-state index >= 15 is 0 Å². The smallest absolute Gasteiger partial charge is 0.335 e. The minimum absolute atomic E-state index is 0.0454. The minimum Gasteiger partial charge on any atom is -0.478 e. The monoisotopic (exact) mass is 411 g/mol. The Bertz CT molecular complexity index is 1100. The molecule has 8 heteroatoms. The van der Waals surface area contributed by atoms with Crippen molar-refractivity contribution in [3.05, 3.63) is 80.6 Å². The van der Waals surface area contributed by atoms with Crippen LogP contribution in [-0.4, -0.2) is 26.8 Å². The third-order valence-corrected chi connectivity index (χ3v) is 5.08. The third kappa shape index (κ3) is 4.60. The number of hydrogen-bond acceptors (Lipinski definition) is 5. The van der Waals surface area contributed by atoms with Gasteiger partial charge in [0.1, 0.15) is 11.6 Å². The first kappa shape index (κ1) is 19.7. The second kappa shape index (κ2) is 8.74. The van der Waals surface area contributed by atoms with Crippen molar-refractivity contribution in [2.75, 3.05) is 5.75 Å². The van der Waals surface area contributed by atoms with Crippen LogP contribution in [0.5, 0.6) is 0 Å². The molecule has 3 rings (SSSR count). The van der Waals surface area contributed by atoms with Gasteiger partial charge in [0.05, 0.1) is 11.3 Å². The summed E-state index contributed by atoms with van der Waals surface area (Å²) in [5.74, 6) is -0.337. The molecule has 3 aromatic rings. The first-order chi connectivity index (χ1) is 13.5. The number of nitrogens with one attached hydrogen (secondary N) is 1. The number of aryl methyl sites for hydroxylation is 1. The van der Waals surface area contributed by atoms with Gasteiger partial charge in [-0.1, -0.05) is 47.6 Å². The summed E-state index contributed by atoms with van der Waals surface area (Å²) in [7, 11) is 0. The Balaban J connectivity index is 1.77. The molecule has 0 atom stereocenters. The Hall–Kier alpha value is -3.08. The van der Waals surface area contributed by atoms with Gasteiger partial charge < -0.3 is 10.1 Å². The van der Waals surface area contributed by atoms with Gasteiger partial charge >= 0.3 is 5.97 Å². The van der Waals surface area contributed by atoms with Crippen LogP contribution in [0.2, 0.25) is 5.02 Å². The number of thioether (sulfide) groups is 1. The SMILES string of the molecule is N#Cc1c(-c2ccc(Cl)cc2)nc(SCCc2ccc(C(=O)O)cc2)[nH]c1=O. The zero-order valence-corrected chi connectivity index (χ0v) is 16.0. The number of nitrogens with zero attached hydrogens (tertiary/aromatic N) is 2. The molecule has 0 spiro atoms. The Labute approximate surface area is 169 Å². The number of H-pyrrole nitrogens is 1. The minimum atomic E-state index is -0.963. The van der Waals surface area contributed by atoms with Gasteiger partial charge in [-0.25, -0.2) is 9.78 Å². The molecule has 0 amide bonds. The summed E-state index contributed by atoms with van der Waals surface area (Å²) < 4.78 is 0. The summed E-state index contributed by atoms with van der Waals surface area (Å²) in [5, 5.41) is 19.2. The first-order valence-corrected chi connectivity index (χ1v) is 9.59. The van der Waals surface area contributed by atoms with Gasteiger partial charge in [-0.05, 0) is 36.2 Å². The van der Waals surface area contributed by atoms with Crippen molar-refractivity contribution < 1.29 is 9.90 Å². The molecule has 1 aromatic heterocycles. The van der Waals surface area contributed by atoms with Gasteiger partial charge in [-0.3, -0.25) is 4.79 Å². The summed E-state index contributed by atoms with van der Waals surface area (Å²) in [4.78, 5) is 30.2. The van der Waals surface area contributed by atoms with Crippen LogP contribution in [0, 0.1) is 11.3 Å². The van der Waals surface area contributed by atoms with Crippen molar-refractivity contribution in [3.63, 3.8) is 0 Å². The summed E-state index contributed by atoms with van der Waals surface area (Å²) in [6.07, 6.45) is 0.671. The molecule has 0 saturated heterocycles. The third-order valence-electron chi connectivity index (χ3n) is 3.96. The standard InChI is InChI=1S/C20H14ClN3O3S/c21-15-7-5-13(6-8-15)17-16(11-22)18(25)24-20(23-17)28-10-9-12-1-3-14(4-2-12)19(26)27/h1-8H,9-10H2,(H,26,27)(H,23,24,25). The molecule has 140 valence electrons. The molecule has 28 heavy (non-hydrogen) atoms. The van der Waals surface area contributed by atoms with Crippen LogP contribution in [0.15, 0.2) is 58.5 Å². The van der Waals surface area contributed by atoms with E-state index in [1.807, 2.05) is 6.07 Å². The Morgan fingerprint density at radius 1 is 1.18 bits per heavy atom. The number of carboxylic acid groups (broad SMARTS) is 1. The highest BCUT2D eigenvalue weighted by molar-refractivity contribution is 7.99. The molecule has 0 radical (unpaired) electrons. The van der Waals surface area contributed by atoms with E-state index in [0.717, 1.165) is 5.56 Å². The predicted molar refractivity (Wildman–Crippen MR) is 108 cm³/mol. The Morgan fingerprint density at radius 3 is 2.46 bits per heavy atom. The van der Waals surface area contributed by atoms with Gasteiger partial charge in [0.2, 0.25) is 0 Å². The summed E-state index contributed by atoms with van der Waals surface area (Å²) in [5.41, 5.74) is 1.63. The van der Waals surface area contributed by atoms with Gasteiger partial charge in [-0.15, -0.1) is 0 Å². The van der Waals surface area contributed by atoms with E-state index < -0.39 is 11.5 Å². The number of aromatic amines is 1. The lowest BCUT2D eigenvalue weighted by Gasteiger charge is -2.07. The molecule has 0 bridgehead atoms. The van der Waals surface area contributed by atoms with E-state index in [2.05, 4.69) is 9.97 Å². The average molecular weight is 412 g/mol. The normalized spacial score (nSPS) is 10.4. The number of benzene rings is 2. The first-order valence-electron chi connectivity index (χ1n) is 8.23. The van der Waals surface area contributed by atoms with E-state index in [9.17, 15) is 14.9 Å². The number of hydrogen-bond donors (Lipinski definition) is 2. The summed E-state index contributed by atoms with van der Waals surface area (Å²) in [6, 6.07) is 15.3. The lowest BCUT2D eigenvalue weighted by atomic mass is 10.1. The molecule has 1 heterocycles. The summed E-state index contributed by atoms with van der Waals surface area (Å²) in [6.45, 7) is 0. The van der Waals surface area contributed by atoms with Crippen LogP contribution in [0.4, 0.5) is 0 Å². The second-order valence-corrected chi connectivity index (χ2v) is 7.33. The highest BCUT2D eigenvalue weighted by atomic mass is 35.5. The van der Waals surface area contributed by atoms with Crippen LogP contribution in [0.3, 0.4) is 0 Å². The fraction of sp³-hybridized carbons (Fsp3) is 0.100. The lowest BCUT2D eigenvalue weighted by molar-refractivity contribution is 0.0697. The maximum Gasteiger partial charge on any atom is 0.335 e. The molecular formula is C20H14ClN3O3S. The van der Waals surface area contributed by atoms with Crippen molar-refractivity contribution in [2.24, 2.45) is 0 Å². The molecule has 0 aliphatic heterocycles. The molecule has 2 aromatic carbocycles. The van der Waals surface area contributed by atoms with Crippen molar-refractivity contribution in [1.29, 1.82) is 5.26 Å². The van der Waals surface area contributed by atoms with Crippen molar-refractivity contribution >= 4 is 29.3 Å². The van der Waals surface area contributed by atoms with Gasteiger partial charge in [0.25, 0.3) is 5.56 Å². The molecule has 6 nitrogen and oxygen atoms in total. The number of halogens is 1. The maximum atomic E-state index is 12.3. The molecule has 0 saturated carbocycles. The van der Waals surface area contributed by atoms with Crippen LogP contribution in [0.25, 0.3) is 11.3 Å². The average Bonchev–Trinajstić information content (AvgIpc) is 2.68. The largest absolute Gasteiger partial charge is 0.478 e. The number of carboxylic acids is 1. The van der Waals surface area contributed by atoms with Crippen LogP contribution in [-0.2, 0) is 6.42 Å². The highest BCUT2D eigenvalue weighted by Gasteiger charge is 2.13. The zero-order chi connectivity index (χ0) is 20.1. The van der Waals surface area contributed by atoms with E-state index in [4.69, 9.17) is 16.7 Å². The highest BCUT2D eigenvalue weighted by Crippen LogP contribution is 2.24. The number of aromatic carboxylic acids is 1. The van der Waals surface area contributed by atoms with Gasteiger partial charge in [0.15, 0.2) is 5.16 Å². The predicted octanol–water partition coefficient (Wildman–Crippen LogP) is 3.99. The number of nitriles is 1. The van der Waals surface area contributed by atoms with Crippen LogP contribution >= 0.6 is 23.4 Å². The fourth-order valence-corrected chi connectivity index (χ4v) is 3.50. The van der Waals surface area contributed by atoms with Gasteiger partial charge in [0, 0.05) is 16.3 Å². The van der Waals surface area contributed by atoms with Crippen molar-refractivity contribution in [3.8, 4) is 17.3 Å². The second-order valence-electron chi connectivity index (χ2n) is 5.81. The van der Waals surface area contributed by atoms with E-state index in [-0.39, 0.29) is 11.1 Å². The van der Waals surface area contributed by atoms with E-state index in [1.54, 1.807) is 48.5 Å². The fourth-order valence-electron chi connectivity index (χ4n) is 2.52. The zero-order valence-electron chi connectivity index (χ0n) is 14.5. The molecule has 0 aliphatic carbocycles. The number of carbonyl (C=O) groups is 1. The van der Waals surface area contributed by atoms with Crippen molar-refractivity contribution in [1.82, 2.24) is 9.97 Å². The number of rotatable bonds is 6. The van der Waals surface area contributed by atoms with Crippen molar-refractivity contribution in [2.45, 2.75) is 11.6 Å².